The highest BCUT2D eigenvalue weighted by molar-refractivity contribution is 6.33. The summed E-state index contributed by atoms with van der Waals surface area (Å²) in [6, 6.07) is 8.72. The topological polar surface area (TPSA) is 72.0 Å². The van der Waals surface area contributed by atoms with E-state index in [1.807, 2.05) is 12.1 Å². The maximum absolute atomic E-state index is 9.37. The molecule has 2 heterocycles. The molecule has 0 saturated carbocycles. The number of aromatic nitrogens is 3. The van der Waals surface area contributed by atoms with Gasteiger partial charge in [0.2, 0.25) is 5.82 Å². The van der Waals surface area contributed by atoms with Gasteiger partial charge in [-0.1, -0.05) is 28.9 Å². The molecular formula is C13H8ClN3O2. The molecule has 0 saturated heterocycles. The third-order valence-electron chi connectivity index (χ3n) is 2.51. The first-order valence-corrected chi connectivity index (χ1v) is 5.85. The Labute approximate surface area is 113 Å². The monoisotopic (exact) mass is 273 g/mol. The molecule has 3 rings (SSSR count). The molecule has 0 aliphatic carbocycles. The lowest BCUT2D eigenvalue weighted by molar-refractivity contribution is 0.431. The van der Waals surface area contributed by atoms with Gasteiger partial charge in [0.05, 0.1) is 16.8 Å². The Kier molecular flexibility index (Phi) is 2.89. The third-order valence-corrected chi connectivity index (χ3v) is 2.84. The number of benzene rings is 1. The Morgan fingerprint density at radius 2 is 2.00 bits per heavy atom. The predicted octanol–water partition coefficient (Wildman–Crippen LogP) is 3.16. The summed E-state index contributed by atoms with van der Waals surface area (Å²) in [6.45, 7) is 0. The first-order chi connectivity index (χ1) is 9.24. The van der Waals surface area contributed by atoms with Gasteiger partial charge in [-0.15, -0.1) is 0 Å². The van der Waals surface area contributed by atoms with Gasteiger partial charge in [0.15, 0.2) is 0 Å². The van der Waals surface area contributed by atoms with Gasteiger partial charge < -0.3 is 9.63 Å². The van der Waals surface area contributed by atoms with E-state index < -0.39 is 0 Å². The number of rotatable bonds is 2. The molecule has 0 amide bonds. The fourth-order valence-corrected chi connectivity index (χ4v) is 1.86. The first kappa shape index (κ1) is 11.7. The largest absolute Gasteiger partial charge is 0.506 e. The Morgan fingerprint density at radius 3 is 2.79 bits per heavy atom. The van der Waals surface area contributed by atoms with E-state index in [2.05, 4.69) is 15.1 Å². The lowest BCUT2D eigenvalue weighted by Gasteiger charge is -1.96. The Hall–Kier alpha value is -2.40. The molecule has 0 spiro atoms. The van der Waals surface area contributed by atoms with Crippen LogP contribution in [0.25, 0.3) is 22.8 Å². The standard InChI is InChI=1S/C13H8ClN3O2/c14-11-4-2-1-3-10(11)12-16-13(19-17-12)8-5-9(18)7-15-6-8/h1-7,18H. The van der Waals surface area contributed by atoms with Gasteiger partial charge in [-0.25, -0.2) is 0 Å². The second kappa shape index (κ2) is 4.70. The van der Waals surface area contributed by atoms with Crippen molar-refractivity contribution in [3.63, 3.8) is 0 Å². The fraction of sp³-hybridized carbons (Fsp3) is 0. The molecule has 0 aliphatic rings. The van der Waals surface area contributed by atoms with Gasteiger partial charge in [-0.3, -0.25) is 4.98 Å². The number of nitrogens with zero attached hydrogens (tertiary/aromatic N) is 3. The normalized spacial score (nSPS) is 10.6. The quantitative estimate of drug-likeness (QED) is 0.776. The van der Waals surface area contributed by atoms with E-state index in [1.165, 1.54) is 18.5 Å². The maximum Gasteiger partial charge on any atom is 0.259 e. The van der Waals surface area contributed by atoms with Gasteiger partial charge in [0.25, 0.3) is 5.89 Å². The number of halogens is 1. The van der Waals surface area contributed by atoms with Gasteiger partial charge >= 0.3 is 0 Å². The zero-order valence-electron chi connectivity index (χ0n) is 9.62. The minimum atomic E-state index is 0.0370. The molecular weight excluding hydrogens is 266 g/mol. The molecule has 0 aliphatic heterocycles. The molecule has 5 nitrogen and oxygen atoms in total. The molecule has 6 heteroatoms. The van der Waals surface area contributed by atoms with Crippen molar-refractivity contribution in [1.82, 2.24) is 15.1 Å². The van der Waals surface area contributed by atoms with Crippen LogP contribution in [0.4, 0.5) is 0 Å². The number of hydrogen-bond donors (Lipinski definition) is 1. The van der Waals surface area contributed by atoms with Crippen molar-refractivity contribution >= 4 is 11.6 Å². The number of hydrogen-bond acceptors (Lipinski definition) is 5. The Bertz CT molecular complexity index is 727. The number of aromatic hydroxyl groups is 1. The molecule has 94 valence electrons. The van der Waals surface area contributed by atoms with Crippen LogP contribution in [0, 0.1) is 0 Å². The Balaban J connectivity index is 2.03. The van der Waals surface area contributed by atoms with Gasteiger partial charge in [-0.2, -0.15) is 4.98 Å². The van der Waals surface area contributed by atoms with Crippen molar-refractivity contribution in [3.05, 3.63) is 47.7 Å². The minimum absolute atomic E-state index is 0.0370. The van der Waals surface area contributed by atoms with E-state index in [9.17, 15) is 5.11 Å². The summed E-state index contributed by atoms with van der Waals surface area (Å²) in [6.07, 6.45) is 2.86. The fourth-order valence-electron chi connectivity index (χ4n) is 1.64. The van der Waals surface area contributed by atoms with Crippen LogP contribution in [-0.4, -0.2) is 20.2 Å². The van der Waals surface area contributed by atoms with Crippen molar-refractivity contribution < 1.29 is 9.63 Å². The van der Waals surface area contributed by atoms with Gasteiger partial charge in [0, 0.05) is 11.8 Å². The van der Waals surface area contributed by atoms with Crippen LogP contribution in [-0.2, 0) is 0 Å². The molecule has 0 atom stereocenters. The van der Waals surface area contributed by atoms with E-state index in [-0.39, 0.29) is 11.6 Å². The summed E-state index contributed by atoms with van der Waals surface area (Å²) in [5.74, 6) is 0.706. The molecule has 0 radical (unpaired) electrons. The molecule has 1 aromatic carbocycles. The Morgan fingerprint density at radius 1 is 1.16 bits per heavy atom. The van der Waals surface area contributed by atoms with Crippen LogP contribution in [0.1, 0.15) is 0 Å². The SMILES string of the molecule is Oc1cncc(-c2nc(-c3ccccc3Cl)no2)c1. The van der Waals surface area contributed by atoms with E-state index in [0.717, 1.165) is 0 Å². The van der Waals surface area contributed by atoms with Crippen LogP contribution in [0.2, 0.25) is 5.02 Å². The van der Waals surface area contributed by atoms with Crippen LogP contribution in [0.5, 0.6) is 5.75 Å². The lowest BCUT2D eigenvalue weighted by Crippen LogP contribution is -1.83. The second-order valence-electron chi connectivity index (χ2n) is 3.83. The molecule has 19 heavy (non-hydrogen) atoms. The van der Waals surface area contributed by atoms with Crippen molar-refractivity contribution in [3.8, 4) is 28.6 Å². The van der Waals surface area contributed by atoms with Crippen molar-refractivity contribution in [2.45, 2.75) is 0 Å². The average Bonchev–Trinajstić information content (AvgIpc) is 2.89. The number of pyridine rings is 1. The maximum atomic E-state index is 9.37. The van der Waals surface area contributed by atoms with Crippen molar-refractivity contribution in [1.29, 1.82) is 0 Å². The van der Waals surface area contributed by atoms with Gasteiger partial charge in [-0.05, 0) is 18.2 Å². The highest BCUT2D eigenvalue weighted by Gasteiger charge is 2.13. The van der Waals surface area contributed by atoms with Crippen molar-refractivity contribution in [2.24, 2.45) is 0 Å². The molecule has 0 unspecified atom stereocenters. The zero-order valence-corrected chi connectivity index (χ0v) is 10.4. The van der Waals surface area contributed by atoms with Crippen LogP contribution >= 0.6 is 11.6 Å². The second-order valence-corrected chi connectivity index (χ2v) is 4.24. The van der Waals surface area contributed by atoms with Crippen LogP contribution in [0.3, 0.4) is 0 Å². The van der Waals surface area contributed by atoms with Crippen molar-refractivity contribution in [2.75, 3.05) is 0 Å². The summed E-state index contributed by atoms with van der Waals surface area (Å²) in [7, 11) is 0. The van der Waals surface area contributed by atoms with Crippen LogP contribution < -0.4 is 0 Å². The summed E-state index contributed by atoms with van der Waals surface area (Å²) < 4.78 is 5.14. The molecule has 0 bridgehead atoms. The van der Waals surface area contributed by atoms with Crippen LogP contribution in [0.15, 0.2) is 47.2 Å². The summed E-state index contributed by atoms with van der Waals surface area (Å²) in [4.78, 5) is 8.10. The summed E-state index contributed by atoms with van der Waals surface area (Å²) >= 11 is 6.07. The third kappa shape index (κ3) is 2.28. The van der Waals surface area contributed by atoms with Gasteiger partial charge in [0.1, 0.15) is 5.75 Å². The molecule has 1 N–H and O–H groups in total. The minimum Gasteiger partial charge on any atom is -0.506 e. The van der Waals surface area contributed by atoms with E-state index in [0.29, 0.717) is 22.0 Å². The summed E-state index contributed by atoms with van der Waals surface area (Å²) in [5.41, 5.74) is 1.23. The van der Waals surface area contributed by atoms with E-state index in [4.69, 9.17) is 16.1 Å². The average molecular weight is 274 g/mol. The zero-order chi connectivity index (χ0) is 13.2. The molecule has 3 aromatic rings. The van der Waals surface area contributed by atoms with E-state index >= 15 is 0 Å². The first-order valence-electron chi connectivity index (χ1n) is 5.47. The summed E-state index contributed by atoms with van der Waals surface area (Å²) in [5, 5.41) is 13.8. The lowest BCUT2D eigenvalue weighted by atomic mass is 10.2. The smallest absolute Gasteiger partial charge is 0.259 e. The highest BCUT2D eigenvalue weighted by atomic mass is 35.5. The molecule has 2 aromatic heterocycles. The van der Waals surface area contributed by atoms with E-state index in [1.54, 1.807) is 12.1 Å². The predicted molar refractivity (Wildman–Crippen MR) is 69.6 cm³/mol. The highest BCUT2D eigenvalue weighted by Crippen LogP contribution is 2.27. The molecule has 0 fully saturated rings.